The van der Waals surface area contributed by atoms with Gasteiger partial charge in [0.2, 0.25) is 0 Å². The summed E-state index contributed by atoms with van der Waals surface area (Å²) in [4.78, 5) is 22.7. The molecule has 0 fully saturated rings. The van der Waals surface area contributed by atoms with Crippen molar-refractivity contribution in [2.24, 2.45) is 0 Å². The van der Waals surface area contributed by atoms with Crippen LogP contribution < -0.4 is 19.5 Å². The van der Waals surface area contributed by atoms with Gasteiger partial charge in [-0.1, -0.05) is 18.1 Å². The molecule has 15 heteroatoms. The second-order valence-corrected chi connectivity index (χ2v) is 10.3. The van der Waals surface area contributed by atoms with Crippen LogP contribution in [0.15, 0.2) is 52.1 Å². The Bertz CT molecular complexity index is 1660. The molecule has 4 aromatic rings. The molecule has 41 heavy (non-hydrogen) atoms. The van der Waals surface area contributed by atoms with E-state index in [1.807, 2.05) is 6.92 Å². The SMILES string of the molecule is CCc1ccc(OCC(=O)OC)c(S(=O)(=O)Nc2noc3cc(Cn4cc(CNC(=O)OC)cn4)cc(OC)c23)c1. The van der Waals surface area contributed by atoms with Crippen LogP contribution in [0.4, 0.5) is 10.6 Å². The Hall–Kier alpha value is -4.79. The number of alkyl carbamates (subject to hydrolysis) is 1. The molecule has 0 spiro atoms. The van der Waals surface area contributed by atoms with Crippen LogP contribution in [0.25, 0.3) is 11.0 Å². The van der Waals surface area contributed by atoms with Gasteiger partial charge in [-0.05, 0) is 41.8 Å². The molecule has 0 bridgehead atoms. The molecule has 2 aromatic carbocycles. The Labute approximate surface area is 235 Å². The highest BCUT2D eigenvalue weighted by Gasteiger charge is 2.25. The molecule has 0 aliphatic carbocycles. The summed E-state index contributed by atoms with van der Waals surface area (Å²) in [6.07, 6.45) is 3.40. The third kappa shape index (κ3) is 6.87. The minimum Gasteiger partial charge on any atom is -0.496 e. The number of aryl methyl sites for hydroxylation is 1. The molecule has 0 aliphatic heterocycles. The van der Waals surface area contributed by atoms with E-state index < -0.39 is 28.7 Å². The van der Waals surface area contributed by atoms with Gasteiger partial charge in [0.25, 0.3) is 10.0 Å². The summed E-state index contributed by atoms with van der Waals surface area (Å²) >= 11 is 0. The van der Waals surface area contributed by atoms with Gasteiger partial charge >= 0.3 is 12.1 Å². The zero-order valence-electron chi connectivity index (χ0n) is 22.8. The summed E-state index contributed by atoms with van der Waals surface area (Å²) in [7, 11) is -0.315. The van der Waals surface area contributed by atoms with E-state index in [2.05, 4.69) is 29.8 Å². The van der Waals surface area contributed by atoms with E-state index in [-0.39, 0.29) is 28.6 Å². The van der Waals surface area contributed by atoms with Gasteiger partial charge in [0.15, 0.2) is 18.0 Å². The third-order valence-corrected chi connectivity index (χ3v) is 7.34. The quantitative estimate of drug-likeness (QED) is 0.233. The average molecular weight is 588 g/mol. The standard InChI is InChI=1S/C26H29N5O9S/c1-5-16-6-7-19(39-15-23(32)37-3)22(10-16)41(34,35)30-25-24-20(36-2)8-17(9-21(24)40-29-25)13-31-14-18(12-28-31)11-27-26(33)38-4/h6-10,12,14H,5,11,13,15H2,1-4H3,(H,27,33)(H,29,30). The van der Waals surface area contributed by atoms with E-state index in [4.69, 9.17) is 14.0 Å². The van der Waals surface area contributed by atoms with Gasteiger partial charge in [0, 0.05) is 18.3 Å². The summed E-state index contributed by atoms with van der Waals surface area (Å²) in [5.41, 5.74) is 2.53. The Morgan fingerprint density at radius 3 is 2.54 bits per heavy atom. The number of sulfonamides is 1. The first-order valence-corrected chi connectivity index (χ1v) is 13.8. The lowest BCUT2D eigenvalue weighted by Crippen LogP contribution is -2.21. The van der Waals surface area contributed by atoms with Crippen LogP contribution in [0.1, 0.15) is 23.6 Å². The zero-order chi connectivity index (χ0) is 29.6. The van der Waals surface area contributed by atoms with Gasteiger partial charge in [0.05, 0.1) is 34.1 Å². The minimum atomic E-state index is -4.25. The van der Waals surface area contributed by atoms with Crippen molar-refractivity contribution in [3.63, 3.8) is 0 Å². The predicted molar refractivity (Wildman–Crippen MR) is 145 cm³/mol. The molecule has 0 saturated heterocycles. The van der Waals surface area contributed by atoms with Gasteiger partial charge < -0.3 is 28.8 Å². The largest absolute Gasteiger partial charge is 0.496 e. The Morgan fingerprint density at radius 1 is 1.02 bits per heavy atom. The number of fused-ring (bicyclic) bond motifs is 1. The number of carbonyl (C=O) groups is 2. The van der Waals surface area contributed by atoms with Gasteiger partial charge in [-0.15, -0.1) is 0 Å². The highest BCUT2D eigenvalue weighted by Crippen LogP contribution is 2.36. The Balaban J connectivity index is 1.60. The normalized spacial score (nSPS) is 11.2. The molecule has 14 nitrogen and oxygen atoms in total. The van der Waals surface area contributed by atoms with Gasteiger partial charge in [-0.25, -0.2) is 18.0 Å². The van der Waals surface area contributed by atoms with Crippen LogP contribution in [-0.4, -0.2) is 63.4 Å². The van der Waals surface area contributed by atoms with Crippen LogP contribution in [-0.2, 0) is 43.8 Å². The van der Waals surface area contributed by atoms with Crippen molar-refractivity contribution >= 4 is 38.9 Å². The number of esters is 1. The smallest absolute Gasteiger partial charge is 0.407 e. The van der Waals surface area contributed by atoms with Crippen molar-refractivity contribution < 1.29 is 41.5 Å². The first kappa shape index (κ1) is 29.2. The lowest BCUT2D eigenvalue weighted by atomic mass is 10.1. The number of nitrogens with one attached hydrogen (secondary N) is 2. The number of methoxy groups -OCH3 is 3. The molecule has 1 amide bonds. The molecule has 0 atom stereocenters. The second-order valence-electron chi connectivity index (χ2n) is 8.70. The van der Waals surface area contributed by atoms with E-state index in [0.29, 0.717) is 24.1 Å². The van der Waals surface area contributed by atoms with Crippen molar-refractivity contribution in [3.8, 4) is 11.5 Å². The maximum atomic E-state index is 13.5. The average Bonchev–Trinajstić information content (AvgIpc) is 3.60. The number of benzene rings is 2. The topological polar surface area (TPSA) is 173 Å². The van der Waals surface area contributed by atoms with Gasteiger partial charge in [-0.2, -0.15) is 5.10 Å². The molecule has 0 saturated carbocycles. The van der Waals surface area contributed by atoms with E-state index in [9.17, 15) is 18.0 Å². The van der Waals surface area contributed by atoms with Crippen molar-refractivity contribution in [3.05, 3.63) is 59.4 Å². The first-order valence-electron chi connectivity index (χ1n) is 12.3. The number of aromatic nitrogens is 3. The number of nitrogens with zero attached hydrogens (tertiary/aromatic N) is 3. The van der Waals surface area contributed by atoms with E-state index >= 15 is 0 Å². The summed E-state index contributed by atoms with van der Waals surface area (Å²) in [5, 5.41) is 11.1. The lowest BCUT2D eigenvalue weighted by Gasteiger charge is -2.13. The number of carbonyl (C=O) groups excluding carboxylic acids is 2. The number of hydrogen-bond acceptors (Lipinski definition) is 11. The van der Waals surface area contributed by atoms with Crippen molar-refractivity contribution in [2.75, 3.05) is 32.7 Å². The molecule has 218 valence electrons. The summed E-state index contributed by atoms with van der Waals surface area (Å²) in [5.74, 6) is -0.448. The predicted octanol–water partition coefficient (Wildman–Crippen LogP) is 2.85. The van der Waals surface area contributed by atoms with E-state index in [1.165, 1.54) is 33.5 Å². The molecule has 0 radical (unpaired) electrons. The lowest BCUT2D eigenvalue weighted by molar-refractivity contribution is -0.143. The summed E-state index contributed by atoms with van der Waals surface area (Å²) in [6, 6.07) is 8.06. The molecular weight excluding hydrogens is 558 g/mol. The van der Waals surface area contributed by atoms with E-state index in [1.54, 1.807) is 35.3 Å². The highest BCUT2D eigenvalue weighted by atomic mass is 32.2. The van der Waals surface area contributed by atoms with Crippen LogP contribution in [0.3, 0.4) is 0 Å². The number of hydrogen-bond donors (Lipinski definition) is 2. The van der Waals surface area contributed by atoms with E-state index in [0.717, 1.165) is 16.7 Å². The highest BCUT2D eigenvalue weighted by molar-refractivity contribution is 7.92. The van der Waals surface area contributed by atoms with Crippen LogP contribution in [0, 0.1) is 0 Å². The molecule has 0 aliphatic rings. The molecule has 2 heterocycles. The van der Waals surface area contributed by atoms with Gasteiger partial charge in [-0.3, -0.25) is 9.40 Å². The molecular formula is C26H29N5O9S. The number of rotatable bonds is 12. The summed E-state index contributed by atoms with van der Waals surface area (Å²) in [6.45, 7) is 1.99. The number of amides is 1. The maximum Gasteiger partial charge on any atom is 0.407 e. The van der Waals surface area contributed by atoms with Crippen molar-refractivity contribution in [2.45, 2.75) is 31.3 Å². The molecule has 2 aromatic heterocycles. The fourth-order valence-corrected chi connectivity index (χ4v) is 5.11. The minimum absolute atomic E-state index is 0.0254. The van der Waals surface area contributed by atoms with Crippen LogP contribution >= 0.6 is 0 Å². The van der Waals surface area contributed by atoms with Crippen LogP contribution in [0.5, 0.6) is 11.5 Å². The fraction of sp³-hybridized carbons (Fsp3) is 0.308. The number of ether oxygens (including phenoxy) is 4. The van der Waals surface area contributed by atoms with Crippen molar-refractivity contribution in [1.29, 1.82) is 0 Å². The van der Waals surface area contributed by atoms with Crippen molar-refractivity contribution in [1.82, 2.24) is 20.3 Å². The van der Waals surface area contributed by atoms with Crippen LogP contribution in [0.2, 0.25) is 0 Å². The van der Waals surface area contributed by atoms with Gasteiger partial charge in [0.1, 0.15) is 21.8 Å². The second kappa shape index (κ2) is 12.6. The molecule has 0 unspecified atom stereocenters. The maximum absolute atomic E-state index is 13.5. The molecule has 2 N–H and O–H groups in total. The Kier molecular flexibility index (Phi) is 8.97. The number of anilines is 1. The third-order valence-electron chi connectivity index (χ3n) is 5.98. The molecule has 4 rings (SSSR count). The zero-order valence-corrected chi connectivity index (χ0v) is 23.6. The fourth-order valence-electron chi connectivity index (χ4n) is 3.91. The first-order chi connectivity index (χ1) is 19.7. The summed E-state index contributed by atoms with van der Waals surface area (Å²) < 4.78 is 56.7. The Morgan fingerprint density at radius 2 is 1.83 bits per heavy atom. The monoisotopic (exact) mass is 587 g/mol.